The van der Waals surface area contributed by atoms with Gasteiger partial charge in [-0.25, -0.2) is 4.68 Å². The summed E-state index contributed by atoms with van der Waals surface area (Å²) in [5.41, 5.74) is 5.83. The van der Waals surface area contributed by atoms with Crippen LogP contribution in [-0.4, -0.2) is 25.5 Å². The molecule has 0 radical (unpaired) electrons. The number of hydrogen-bond acceptors (Lipinski definition) is 3. The molecule has 158 valence electrons. The van der Waals surface area contributed by atoms with Gasteiger partial charge in [-0.3, -0.25) is 9.48 Å². The average Bonchev–Trinajstić information content (AvgIpc) is 3.32. The van der Waals surface area contributed by atoms with Gasteiger partial charge in [0.2, 0.25) is 5.91 Å². The van der Waals surface area contributed by atoms with Gasteiger partial charge in [-0.2, -0.15) is 10.2 Å². The monoisotopic (exact) mass is 405 g/mol. The summed E-state index contributed by atoms with van der Waals surface area (Å²) in [5, 5.41) is 12.2. The zero-order valence-electron chi connectivity index (χ0n) is 18.4. The minimum absolute atomic E-state index is 0.0307. The van der Waals surface area contributed by atoms with Crippen LogP contribution in [0.3, 0.4) is 0 Å². The van der Waals surface area contributed by atoms with Crippen LogP contribution < -0.4 is 5.32 Å². The van der Waals surface area contributed by atoms with E-state index in [1.165, 1.54) is 11.3 Å². The van der Waals surface area contributed by atoms with Gasteiger partial charge in [-0.05, 0) is 55.4 Å². The minimum Gasteiger partial charge on any atom is -0.349 e. The van der Waals surface area contributed by atoms with E-state index in [2.05, 4.69) is 60.6 Å². The highest BCUT2D eigenvalue weighted by atomic mass is 16.1. The van der Waals surface area contributed by atoms with E-state index in [0.29, 0.717) is 13.0 Å². The number of fused-ring (bicyclic) bond motifs is 1. The molecule has 0 fully saturated rings. The van der Waals surface area contributed by atoms with Crippen LogP contribution in [0.15, 0.2) is 42.7 Å². The smallest absolute Gasteiger partial charge is 0.222 e. The molecule has 1 aromatic carbocycles. The number of amides is 1. The Bertz CT molecular complexity index is 1020. The van der Waals surface area contributed by atoms with E-state index in [1.807, 2.05) is 34.7 Å². The van der Waals surface area contributed by atoms with Crippen LogP contribution in [0.2, 0.25) is 0 Å². The van der Waals surface area contributed by atoms with Crippen molar-refractivity contribution >= 4 is 5.91 Å². The Labute approximate surface area is 178 Å². The van der Waals surface area contributed by atoms with Gasteiger partial charge in [0.05, 0.1) is 23.6 Å². The standard InChI is InChI=1S/C24H31N5O/c1-17-12-14-28(27-17)15-13-23(30)26-21-6-5-7-22-20(21)16-25-29(22)19-10-8-18(9-11-19)24(2,3)4/h8-12,14,16,21H,5-7,13,15H2,1-4H3,(H,26,30)/t21-/m1/s1. The van der Waals surface area contributed by atoms with Crippen LogP contribution in [0.1, 0.15) is 68.6 Å². The van der Waals surface area contributed by atoms with Crippen LogP contribution in [0.5, 0.6) is 0 Å². The Morgan fingerprint density at radius 2 is 1.97 bits per heavy atom. The Balaban J connectivity index is 1.46. The predicted molar refractivity (Wildman–Crippen MR) is 118 cm³/mol. The molecule has 0 bridgehead atoms. The fourth-order valence-corrected chi connectivity index (χ4v) is 4.10. The third-order valence-electron chi connectivity index (χ3n) is 5.84. The number of carbonyl (C=O) groups excluding carboxylic acids is 1. The molecule has 6 nitrogen and oxygen atoms in total. The Morgan fingerprint density at radius 1 is 1.20 bits per heavy atom. The lowest BCUT2D eigenvalue weighted by molar-refractivity contribution is -0.122. The van der Waals surface area contributed by atoms with Crippen molar-refractivity contribution in [3.05, 3.63) is 65.2 Å². The van der Waals surface area contributed by atoms with E-state index in [-0.39, 0.29) is 17.4 Å². The molecule has 1 atom stereocenters. The Morgan fingerprint density at radius 3 is 2.63 bits per heavy atom. The zero-order chi connectivity index (χ0) is 21.3. The molecule has 1 amide bonds. The number of aryl methyl sites for hydroxylation is 2. The molecule has 6 heteroatoms. The molecule has 0 aliphatic heterocycles. The lowest BCUT2D eigenvalue weighted by Crippen LogP contribution is -2.31. The van der Waals surface area contributed by atoms with Gasteiger partial charge < -0.3 is 5.32 Å². The molecule has 1 N–H and O–H groups in total. The second-order valence-electron chi connectivity index (χ2n) is 9.24. The lowest BCUT2D eigenvalue weighted by atomic mass is 9.87. The molecular weight excluding hydrogens is 374 g/mol. The molecule has 30 heavy (non-hydrogen) atoms. The van der Waals surface area contributed by atoms with Crippen LogP contribution >= 0.6 is 0 Å². The summed E-state index contributed by atoms with van der Waals surface area (Å²) in [6.07, 6.45) is 7.24. The first kappa shape index (κ1) is 20.4. The lowest BCUT2D eigenvalue weighted by Gasteiger charge is -2.24. The maximum atomic E-state index is 12.5. The molecule has 3 aromatic rings. The topological polar surface area (TPSA) is 64.7 Å². The highest BCUT2D eigenvalue weighted by molar-refractivity contribution is 5.76. The molecule has 2 heterocycles. The SMILES string of the molecule is Cc1ccn(CCC(=O)N[C@@H]2CCCc3c2cnn3-c2ccc(C(C)(C)C)cc2)n1. The number of carbonyl (C=O) groups is 1. The van der Waals surface area contributed by atoms with Gasteiger partial charge in [0.25, 0.3) is 0 Å². The first-order valence-electron chi connectivity index (χ1n) is 10.8. The molecule has 0 spiro atoms. The van der Waals surface area contributed by atoms with E-state index >= 15 is 0 Å². The summed E-state index contributed by atoms with van der Waals surface area (Å²) in [6, 6.07) is 10.6. The van der Waals surface area contributed by atoms with Crippen LogP contribution in [0, 0.1) is 6.92 Å². The van der Waals surface area contributed by atoms with Crippen molar-refractivity contribution in [3.8, 4) is 5.69 Å². The number of aromatic nitrogens is 4. The first-order valence-corrected chi connectivity index (χ1v) is 10.8. The van der Waals surface area contributed by atoms with E-state index < -0.39 is 0 Å². The normalized spacial score (nSPS) is 16.3. The fourth-order valence-electron chi connectivity index (χ4n) is 4.10. The van der Waals surface area contributed by atoms with Crippen molar-refractivity contribution in [1.82, 2.24) is 24.9 Å². The summed E-state index contributed by atoms with van der Waals surface area (Å²) < 4.78 is 3.85. The third-order valence-corrected chi connectivity index (χ3v) is 5.84. The Kier molecular flexibility index (Phi) is 5.50. The largest absolute Gasteiger partial charge is 0.349 e. The molecule has 1 aliphatic carbocycles. The molecule has 0 saturated heterocycles. The van der Waals surface area contributed by atoms with Crippen molar-refractivity contribution < 1.29 is 4.79 Å². The van der Waals surface area contributed by atoms with Crippen LogP contribution in [0.25, 0.3) is 5.69 Å². The summed E-state index contributed by atoms with van der Waals surface area (Å²) in [5.74, 6) is 0.0586. The van der Waals surface area contributed by atoms with Gasteiger partial charge in [-0.1, -0.05) is 32.9 Å². The fraction of sp³-hybridized carbons (Fsp3) is 0.458. The maximum Gasteiger partial charge on any atom is 0.222 e. The average molecular weight is 406 g/mol. The second kappa shape index (κ2) is 8.09. The van der Waals surface area contributed by atoms with Gasteiger partial charge in [-0.15, -0.1) is 0 Å². The zero-order valence-corrected chi connectivity index (χ0v) is 18.4. The van der Waals surface area contributed by atoms with E-state index in [1.54, 1.807) is 0 Å². The van der Waals surface area contributed by atoms with Crippen molar-refractivity contribution in [1.29, 1.82) is 0 Å². The predicted octanol–water partition coefficient (Wildman–Crippen LogP) is 4.26. The number of rotatable bonds is 5. The number of nitrogens with one attached hydrogen (secondary N) is 1. The van der Waals surface area contributed by atoms with Crippen molar-refractivity contribution in [3.63, 3.8) is 0 Å². The summed E-state index contributed by atoms with van der Waals surface area (Å²) >= 11 is 0. The molecule has 4 rings (SSSR count). The van der Waals surface area contributed by atoms with Crippen LogP contribution in [0.4, 0.5) is 0 Å². The highest BCUT2D eigenvalue weighted by Gasteiger charge is 2.26. The maximum absolute atomic E-state index is 12.5. The molecule has 2 aromatic heterocycles. The molecule has 1 aliphatic rings. The number of benzene rings is 1. The summed E-state index contributed by atoms with van der Waals surface area (Å²) in [6.45, 7) is 9.21. The van der Waals surface area contributed by atoms with E-state index in [0.717, 1.165) is 36.2 Å². The minimum atomic E-state index is 0.0307. The van der Waals surface area contributed by atoms with Gasteiger partial charge in [0, 0.05) is 30.4 Å². The first-order chi connectivity index (χ1) is 14.3. The molecule has 0 saturated carbocycles. The second-order valence-corrected chi connectivity index (χ2v) is 9.24. The third kappa shape index (κ3) is 4.32. The molecular formula is C24H31N5O. The van der Waals surface area contributed by atoms with Crippen molar-refractivity contribution in [2.45, 2.75) is 71.4 Å². The van der Waals surface area contributed by atoms with Gasteiger partial charge in [0.15, 0.2) is 0 Å². The van der Waals surface area contributed by atoms with Gasteiger partial charge in [0.1, 0.15) is 0 Å². The van der Waals surface area contributed by atoms with Crippen molar-refractivity contribution in [2.75, 3.05) is 0 Å². The number of hydrogen-bond donors (Lipinski definition) is 1. The Hall–Kier alpha value is -2.89. The van der Waals surface area contributed by atoms with Gasteiger partial charge >= 0.3 is 0 Å². The highest BCUT2D eigenvalue weighted by Crippen LogP contribution is 2.31. The number of nitrogens with zero attached hydrogens (tertiary/aromatic N) is 4. The van der Waals surface area contributed by atoms with E-state index in [9.17, 15) is 4.79 Å². The van der Waals surface area contributed by atoms with E-state index in [4.69, 9.17) is 0 Å². The van der Waals surface area contributed by atoms with Crippen LogP contribution in [-0.2, 0) is 23.2 Å². The summed E-state index contributed by atoms with van der Waals surface area (Å²) in [7, 11) is 0. The molecule has 0 unspecified atom stereocenters. The van der Waals surface area contributed by atoms with Crippen molar-refractivity contribution in [2.24, 2.45) is 0 Å². The quantitative estimate of drug-likeness (QED) is 0.690. The summed E-state index contributed by atoms with van der Waals surface area (Å²) in [4.78, 5) is 12.5.